The Labute approximate surface area is 197 Å². The number of amides is 1. The Hall–Kier alpha value is -1.92. The molecule has 0 spiro atoms. The van der Waals surface area contributed by atoms with Crippen molar-refractivity contribution < 1.29 is 14.0 Å². The van der Waals surface area contributed by atoms with Gasteiger partial charge >= 0.3 is 0 Å². The summed E-state index contributed by atoms with van der Waals surface area (Å²) < 4.78 is 15.4. The summed E-state index contributed by atoms with van der Waals surface area (Å²) in [6.07, 6.45) is 5.74. The number of benzene rings is 1. The molecule has 0 bridgehead atoms. The summed E-state index contributed by atoms with van der Waals surface area (Å²) in [6.45, 7) is 13.4. The molecular formula is C24H29BrClFN2O2. The van der Waals surface area contributed by atoms with E-state index in [4.69, 9.17) is 11.6 Å². The van der Waals surface area contributed by atoms with Crippen molar-refractivity contribution in [2.75, 3.05) is 13.1 Å². The van der Waals surface area contributed by atoms with Gasteiger partial charge < -0.3 is 10.2 Å². The SMILES string of the molecule is C=CC(=O)N1CC(N/C(=C(/C=C)CCC)c2cc(Cl)c(Br)c(F)c2CCC)(C(C)=O)C1. The van der Waals surface area contributed by atoms with Crippen LogP contribution in [0.15, 0.2) is 41.4 Å². The van der Waals surface area contributed by atoms with E-state index in [-0.39, 0.29) is 34.3 Å². The fraction of sp³-hybridized carbons (Fsp3) is 0.417. The number of Topliss-reactive ketones (excluding diaryl/α,β-unsaturated/α-hetero) is 1. The van der Waals surface area contributed by atoms with E-state index in [2.05, 4.69) is 34.4 Å². The zero-order valence-electron chi connectivity index (χ0n) is 18.3. The number of nitrogens with one attached hydrogen (secondary N) is 1. The lowest BCUT2D eigenvalue weighted by Crippen LogP contribution is -2.73. The van der Waals surface area contributed by atoms with Gasteiger partial charge in [-0.15, -0.1) is 0 Å². The number of likely N-dealkylation sites (tertiary alicyclic amines) is 1. The van der Waals surface area contributed by atoms with Gasteiger partial charge in [0.1, 0.15) is 11.4 Å². The molecule has 2 rings (SSSR count). The molecule has 4 nitrogen and oxygen atoms in total. The van der Waals surface area contributed by atoms with Gasteiger partial charge in [0.05, 0.1) is 22.6 Å². The Morgan fingerprint density at radius 2 is 1.94 bits per heavy atom. The number of carbonyl (C=O) groups is 2. The second-order valence-electron chi connectivity index (χ2n) is 7.78. The van der Waals surface area contributed by atoms with E-state index in [1.54, 1.807) is 17.0 Å². The molecule has 1 aliphatic rings. The van der Waals surface area contributed by atoms with Crippen LogP contribution in [0.25, 0.3) is 5.70 Å². The molecular weight excluding hydrogens is 483 g/mol. The van der Waals surface area contributed by atoms with Crippen LogP contribution >= 0.6 is 27.5 Å². The zero-order valence-corrected chi connectivity index (χ0v) is 20.6. The highest BCUT2D eigenvalue weighted by Gasteiger charge is 2.49. The van der Waals surface area contributed by atoms with Gasteiger partial charge in [-0.05, 0) is 59.0 Å². The third-order valence-electron chi connectivity index (χ3n) is 5.57. The smallest absolute Gasteiger partial charge is 0.246 e. The molecule has 1 fully saturated rings. The lowest BCUT2D eigenvalue weighted by Gasteiger charge is -2.49. The molecule has 1 aromatic carbocycles. The fourth-order valence-electron chi connectivity index (χ4n) is 3.79. The monoisotopic (exact) mass is 510 g/mol. The van der Waals surface area contributed by atoms with Gasteiger partial charge in [-0.2, -0.15) is 0 Å². The predicted octanol–water partition coefficient (Wildman–Crippen LogP) is 5.84. The maximum absolute atomic E-state index is 15.2. The molecule has 1 aliphatic heterocycles. The van der Waals surface area contributed by atoms with Gasteiger partial charge in [-0.25, -0.2) is 4.39 Å². The number of hydrogen-bond acceptors (Lipinski definition) is 3. The van der Waals surface area contributed by atoms with Crippen LogP contribution in [0.3, 0.4) is 0 Å². The molecule has 1 N–H and O–H groups in total. The normalized spacial score (nSPS) is 15.6. The standard InChI is InChI=1S/C24H29BrClFN2O2/c1-6-10-16(8-3)23(18-12-19(26)21(25)22(27)17(18)11-7-2)28-24(15(5)30)13-29(14-24)20(31)9-4/h8-9,12,28H,3-4,6-7,10-11,13-14H2,1-2,5H3/b23-16-. The zero-order chi connectivity index (χ0) is 23.3. The van der Waals surface area contributed by atoms with Gasteiger partial charge in [0, 0.05) is 11.3 Å². The largest absolute Gasteiger partial charge is 0.369 e. The van der Waals surface area contributed by atoms with Crippen LogP contribution in [0.2, 0.25) is 5.02 Å². The van der Waals surface area contributed by atoms with E-state index in [9.17, 15) is 9.59 Å². The summed E-state index contributed by atoms with van der Waals surface area (Å²) in [5, 5.41) is 3.64. The molecule has 0 unspecified atom stereocenters. The van der Waals surface area contributed by atoms with Crippen LogP contribution in [0.4, 0.5) is 4.39 Å². The first-order valence-electron chi connectivity index (χ1n) is 10.4. The Morgan fingerprint density at radius 1 is 1.29 bits per heavy atom. The molecule has 0 radical (unpaired) electrons. The highest BCUT2D eigenvalue weighted by atomic mass is 79.9. The number of nitrogens with zero attached hydrogens (tertiary/aromatic N) is 1. The molecule has 0 aromatic heterocycles. The van der Waals surface area contributed by atoms with Crippen molar-refractivity contribution in [1.82, 2.24) is 10.2 Å². The van der Waals surface area contributed by atoms with E-state index < -0.39 is 11.4 Å². The summed E-state index contributed by atoms with van der Waals surface area (Å²) in [5.74, 6) is -0.734. The maximum atomic E-state index is 15.2. The van der Waals surface area contributed by atoms with Crippen molar-refractivity contribution in [2.45, 2.75) is 52.0 Å². The average Bonchev–Trinajstić information content (AvgIpc) is 2.71. The molecule has 31 heavy (non-hydrogen) atoms. The first kappa shape index (κ1) is 25.3. The topological polar surface area (TPSA) is 49.4 Å². The summed E-state index contributed by atoms with van der Waals surface area (Å²) in [7, 11) is 0. The van der Waals surface area contributed by atoms with Gasteiger partial charge in [-0.1, -0.05) is 57.5 Å². The lowest BCUT2D eigenvalue weighted by atomic mass is 9.83. The van der Waals surface area contributed by atoms with E-state index in [0.717, 1.165) is 18.4 Å². The number of hydrogen-bond donors (Lipinski definition) is 1. The molecule has 7 heteroatoms. The first-order chi connectivity index (χ1) is 14.6. The van der Waals surface area contributed by atoms with Gasteiger partial charge in [-0.3, -0.25) is 9.59 Å². The summed E-state index contributed by atoms with van der Waals surface area (Å²) in [6, 6.07) is 1.72. The highest BCUT2D eigenvalue weighted by molar-refractivity contribution is 9.10. The van der Waals surface area contributed by atoms with E-state index in [0.29, 0.717) is 29.7 Å². The summed E-state index contributed by atoms with van der Waals surface area (Å²) >= 11 is 9.57. The number of ketones is 1. The number of halogens is 3. The summed E-state index contributed by atoms with van der Waals surface area (Å²) in [5.41, 5.74) is 1.68. The molecule has 1 saturated heterocycles. The van der Waals surface area contributed by atoms with Crippen LogP contribution in [0.5, 0.6) is 0 Å². The quantitative estimate of drug-likeness (QED) is 0.244. The molecule has 1 heterocycles. The van der Waals surface area contributed by atoms with Crippen LogP contribution in [-0.4, -0.2) is 35.2 Å². The van der Waals surface area contributed by atoms with E-state index in [1.807, 2.05) is 13.8 Å². The second-order valence-corrected chi connectivity index (χ2v) is 8.98. The minimum Gasteiger partial charge on any atom is -0.369 e. The fourth-order valence-corrected chi connectivity index (χ4v) is 4.33. The van der Waals surface area contributed by atoms with Crippen LogP contribution < -0.4 is 5.32 Å². The number of allylic oxidation sites excluding steroid dienone is 2. The molecule has 0 atom stereocenters. The van der Waals surface area contributed by atoms with Crippen LogP contribution in [0, 0.1) is 5.82 Å². The first-order valence-corrected chi connectivity index (χ1v) is 11.6. The second kappa shape index (κ2) is 10.6. The van der Waals surface area contributed by atoms with E-state index in [1.165, 1.54) is 13.0 Å². The van der Waals surface area contributed by atoms with Crippen LogP contribution in [0.1, 0.15) is 51.2 Å². The highest BCUT2D eigenvalue weighted by Crippen LogP contribution is 2.37. The predicted molar refractivity (Wildman–Crippen MR) is 128 cm³/mol. The minimum atomic E-state index is -0.963. The molecule has 0 aliphatic carbocycles. The van der Waals surface area contributed by atoms with Crippen molar-refractivity contribution in [3.63, 3.8) is 0 Å². The Morgan fingerprint density at radius 3 is 2.42 bits per heavy atom. The van der Waals surface area contributed by atoms with Crippen molar-refractivity contribution in [3.8, 4) is 0 Å². The van der Waals surface area contributed by atoms with Gasteiger partial charge in [0.25, 0.3) is 0 Å². The van der Waals surface area contributed by atoms with Crippen molar-refractivity contribution >= 4 is 44.9 Å². The van der Waals surface area contributed by atoms with Gasteiger partial charge in [0.2, 0.25) is 5.91 Å². The van der Waals surface area contributed by atoms with Crippen LogP contribution in [-0.2, 0) is 16.0 Å². The number of carbonyl (C=O) groups excluding carboxylic acids is 2. The third-order valence-corrected chi connectivity index (χ3v) is 6.87. The maximum Gasteiger partial charge on any atom is 0.246 e. The van der Waals surface area contributed by atoms with E-state index >= 15 is 4.39 Å². The summed E-state index contributed by atoms with van der Waals surface area (Å²) in [4.78, 5) is 26.2. The Balaban J connectivity index is 2.67. The third kappa shape index (κ3) is 5.12. The minimum absolute atomic E-state index is 0.0984. The average molecular weight is 512 g/mol. The van der Waals surface area contributed by atoms with Crippen molar-refractivity contribution in [3.05, 3.63) is 63.4 Å². The number of rotatable bonds is 10. The van der Waals surface area contributed by atoms with Crippen molar-refractivity contribution in [1.29, 1.82) is 0 Å². The molecule has 0 saturated carbocycles. The molecule has 1 aromatic rings. The Bertz CT molecular complexity index is 936. The lowest BCUT2D eigenvalue weighted by molar-refractivity contribution is -0.140. The van der Waals surface area contributed by atoms with Gasteiger partial charge in [0.15, 0.2) is 5.78 Å². The Kier molecular flexibility index (Phi) is 8.66. The van der Waals surface area contributed by atoms with Crippen molar-refractivity contribution in [2.24, 2.45) is 0 Å². The molecule has 1 amide bonds. The molecule has 168 valence electrons.